The zero-order valence-corrected chi connectivity index (χ0v) is 15.3. The van der Waals surface area contributed by atoms with Gasteiger partial charge in [-0.15, -0.1) is 0 Å². The zero-order chi connectivity index (χ0) is 17.0. The second-order valence-electron chi connectivity index (χ2n) is 7.06. The zero-order valence-electron chi connectivity index (χ0n) is 13.7. The molecule has 0 saturated heterocycles. The smallest absolute Gasteiger partial charge is 0.259 e. The van der Waals surface area contributed by atoms with Gasteiger partial charge < -0.3 is 4.90 Å². The topological polar surface area (TPSA) is 33.2 Å². The van der Waals surface area contributed by atoms with Crippen LogP contribution in [0.1, 0.15) is 35.2 Å². The van der Waals surface area contributed by atoms with Crippen molar-refractivity contribution in [2.75, 3.05) is 11.4 Å². The number of carbonyl (C=O) groups is 1. The summed E-state index contributed by atoms with van der Waals surface area (Å²) in [6.45, 7) is 0.786. The Hall–Kier alpha value is -2.20. The van der Waals surface area contributed by atoms with Crippen molar-refractivity contribution in [2.24, 2.45) is 0 Å². The van der Waals surface area contributed by atoms with Crippen LogP contribution < -0.4 is 4.90 Å². The summed E-state index contributed by atoms with van der Waals surface area (Å²) in [6, 6.07) is 16.0. The molecule has 2 aliphatic rings. The molecule has 1 aromatic heterocycles. The number of nitrogens with zero attached hydrogens (tertiary/aromatic N) is 2. The quantitative estimate of drug-likeness (QED) is 0.578. The van der Waals surface area contributed by atoms with Crippen molar-refractivity contribution in [3.05, 3.63) is 70.3 Å². The number of rotatable bonds is 1. The lowest BCUT2D eigenvalue weighted by Crippen LogP contribution is -2.41. The highest BCUT2D eigenvalue weighted by molar-refractivity contribution is 9.10. The van der Waals surface area contributed by atoms with E-state index in [4.69, 9.17) is 0 Å². The Kier molecular flexibility index (Phi) is 3.26. The van der Waals surface area contributed by atoms with Gasteiger partial charge in [-0.1, -0.05) is 40.5 Å². The van der Waals surface area contributed by atoms with Gasteiger partial charge in [0.25, 0.3) is 5.91 Å². The summed E-state index contributed by atoms with van der Waals surface area (Å²) < 4.78 is 1.08. The van der Waals surface area contributed by atoms with E-state index in [0.29, 0.717) is 0 Å². The van der Waals surface area contributed by atoms with Crippen LogP contribution >= 0.6 is 15.9 Å². The molecule has 1 aliphatic heterocycles. The van der Waals surface area contributed by atoms with Gasteiger partial charge in [0.05, 0.1) is 11.1 Å². The third-order valence-corrected chi connectivity index (χ3v) is 6.21. The number of pyridine rings is 1. The van der Waals surface area contributed by atoms with Gasteiger partial charge in [-0.3, -0.25) is 9.78 Å². The van der Waals surface area contributed by atoms with Gasteiger partial charge in [0.1, 0.15) is 0 Å². The average Bonchev–Trinajstić information content (AvgIpc) is 2.95. The Labute approximate surface area is 154 Å². The largest absolute Gasteiger partial charge is 0.307 e. The highest BCUT2D eigenvalue weighted by Crippen LogP contribution is 2.53. The molecule has 124 valence electrons. The van der Waals surface area contributed by atoms with E-state index < -0.39 is 0 Å². The molecule has 3 nitrogen and oxygen atoms in total. The van der Waals surface area contributed by atoms with E-state index >= 15 is 0 Å². The average molecular weight is 393 g/mol. The van der Waals surface area contributed by atoms with Crippen LogP contribution in [0.15, 0.2) is 59.2 Å². The first kappa shape index (κ1) is 15.1. The molecule has 0 bridgehead atoms. The first-order valence-corrected chi connectivity index (χ1v) is 9.43. The molecule has 1 amide bonds. The molecule has 5 rings (SSSR count). The molecule has 0 unspecified atom stereocenters. The maximum absolute atomic E-state index is 13.4. The number of fused-ring (bicyclic) bond motifs is 3. The van der Waals surface area contributed by atoms with E-state index in [1.54, 1.807) is 6.20 Å². The lowest BCUT2D eigenvalue weighted by atomic mass is 9.66. The Balaban J connectivity index is 1.63. The van der Waals surface area contributed by atoms with Crippen LogP contribution in [0, 0.1) is 0 Å². The van der Waals surface area contributed by atoms with Crippen LogP contribution in [0.25, 0.3) is 10.9 Å². The van der Waals surface area contributed by atoms with Crippen LogP contribution in [0.4, 0.5) is 5.69 Å². The predicted octanol–water partition coefficient (Wildman–Crippen LogP) is 5.08. The van der Waals surface area contributed by atoms with Crippen molar-refractivity contribution in [1.29, 1.82) is 0 Å². The number of anilines is 1. The minimum Gasteiger partial charge on any atom is -0.307 e. The lowest BCUT2D eigenvalue weighted by Gasteiger charge is -2.39. The van der Waals surface area contributed by atoms with Crippen LogP contribution in [0.2, 0.25) is 0 Å². The number of aromatic nitrogens is 1. The van der Waals surface area contributed by atoms with Gasteiger partial charge in [-0.2, -0.15) is 0 Å². The molecule has 1 saturated carbocycles. The normalized spacial score (nSPS) is 17.6. The van der Waals surface area contributed by atoms with Crippen molar-refractivity contribution in [2.45, 2.75) is 24.7 Å². The highest BCUT2D eigenvalue weighted by Gasteiger charge is 2.48. The summed E-state index contributed by atoms with van der Waals surface area (Å²) in [6.07, 6.45) is 5.30. The second-order valence-corrected chi connectivity index (χ2v) is 7.98. The summed E-state index contributed by atoms with van der Waals surface area (Å²) in [5.41, 5.74) is 4.13. The SMILES string of the molecule is O=C(c1ccnc2ccccc12)N1CC2(CCC2)c2cc(Br)ccc21. The highest BCUT2D eigenvalue weighted by atomic mass is 79.9. The third-order valence-electron chi connectivity index (χ3n) is 5.72. The van der Waals surface area contributed by atoms with Crippen molar-refractivity contribution < 1.29 is 4.79 Å². The fourth-order valence-corrected chi connectivity index (χ4v) is 4.64. The first-order valence-electron chi connectivity index (χ1n) is 8.64. The van der Waals surface area contributed by atoms with Crippen LogP contribution in [-0.2, 0) is 5.41 Å². The van der Waals surface area contributed by atoms with Gasteiger partial charge in [0.15, 0.2) is 0 Å². The molecule has 2 heterocycles. The number of carbonyl (C=O) groups excluding carboxylic acids is 1. The Bertz CT molecular complexity index is 1000. The molecule has 3 aromatic rings. The molecule has 1 spiro atoms. The first-order chi connectivity index (χ1) is 12.2. The van der Waals surface area contributed by atoms with Crippen LogP contribution in [-0.4, -0.2) is 17.4 Å². The van der Waals surface area contributed by atoms with Crippen molar-refractivity contribution in [3.8, 4) is 0 Å². The minimum absolute atomic E-state index is 0.0750. The Morgan fingerprint density at radius 3 is 2.76 bits per heavy atom. The van der Waals surface area contributed by atoms with E-state index in [-0.39, 0.29) is 11.3 Å². The maximum atomic E-state index is 13.4. The van der Waals surface area contributed by atoms with E-state index in [2.05, 4.69) is 33.0 Å². The van der Waals surface area contributed by atoms with E-state index in [1.807, 2.05) is 41.3 Å². The predicted molar refractivity (Wildman–Crippen MR) is 103 cm³/mol. The summed E-state index contributed by atoms with van der Waals surface area (Å²) in [4.78, 5) is 19.8. The summed E-state index contributed by atoms with van der Waals surface area (Å²) >= 11 is 3.59. The van der Waals surface area contributed by atoms with E-state index in [9.17, 15) is 4.79 Å². The molecule has 0 radical (unpaired) electrons. The van der Waals surface area contributed by atoms with Crippen molar-refractivity contribution in [1.82, 2.24) is 4.98 Å². The lowest BCUT2D eigenvalue weighted by molar-refractivity contribution is 0.0980. The molecule has 4 heteroatoms. The van der Waals surface area contributed by atoms with Crippen molar-refractivity contribution in [3.63, 3.8) is 0 Å². The fourth-order valence-electron chi connectivity index (χ4n) is 4.28. The molecular weight excluding hydrogens is 376 g/mol. The summed E-state index contributed by atoms with van der Waals surface area (Å²) in [7, 11) is 0. The van der Waals surface area contributed by atoms with Crippen LogP contribution in [0.5, 0.6) is 0 Å². The number of para-hydroxylation sites is 1. The monoisotopic (exact) mass is 392 g/mol. The second kappa shape index (κ2) is 5.40. The minimum atomic E-state index is 0.0750. The third kappa shape index (κ3) is 2.17. The van der Waals surface area contributed by atoms with Crippen LogP contribution in [0.3, 0.4) is 0 Å². The van der Waals surface area contributed by atoms with Gasteiger partial charge in [-0.05, 0) is 48.7 Å². The van der Waals surface area contributed by atoms with E-state index in [0.717, 1.165) is 46.0 Å². The Morgan fingerprint density at radius 2 is 1.96 bits per heavy atom. The molecular formula is C21H17BrN2O. The standard InChI is InChI=1S/C21H17BrN2O/c22-14-6-7-19-17(12-14)21(9-3-10-21)13-24(19)20(25)16-8-11-23-18-5-2-1-4-15(16)18/h1-2,4-8,11-12H,3,9-10,13H2. The number of hydrogen-bond acceptors (Lipinski definition) is 2. The van der Waals surface area contributed by atoms with Gasteiger partial charge >= 0.3 is 0 Å². The summed E-state index contributed by atoms with van der Waals surface area (Å²) in [5.74, 6) is 0.0750. The number of hydrogen-bond donors (Lipinski definition) is 0. The molecule has 0 atom stereocenters. The molecule has 1 aliphatic carbocycles. The Morgan fingerprint density at radius 1 is 1.12 bits per heavy atom. The fraction of sp³-hybridized carbons (Fsp3) is 0.238. The van der Waals surface area contributed by atoms with Gasteiger partial charge in [0.2, 0.25) is 0 Å². The number of benzene rings is 2. The van der Waals surface area contributed by atoms with Crippen molar-refractivity contribution >= 4 is 38.4 Å². The van der Waals surface area contributed by atoms with Gasteiger partial charge in [0, 0.05) is 33.7 Å². The molecule has 1 fully saturated rings. The number of halogens is 1. The van der Waals surface area contributed by atoms with Gasteiger partial charge in [-0.25, -0.2) is 0 Å². The number of amides is 1. The maximum Gasteiger partial charge on any atom is 0.259 e. The molecule has 25 heavy (non-hydrogen) atoms. The summed E-state index contributed by atoms with van der Waals surface area (Å²) in [5, 5.41) is 0.920. The molecule has 0 N–H and O–H groups in total. The van der Waals surface area contributed by atoms with E-state index in [1.165, 1.54) is 12.0 Å². The molecule has 2 aromatic carbocycles.